The lowest BCUT2D eigenvalue weighted by Crippen LogP contribution is -2.26. The smallest absolute Gasteiger partial charge is 0.427 e. The van der Waals surface area contributed by atoms with Crippen molar-refractivity contribution in [2.45, 2.75) is 6.32 Å². The molecule has 0 aliphatic rings. The minimum Gasteiger partial charge on any atom is -0.427 e. The van der Waals surface area contributed by atoms with Gasteiger partial charge >= 0.3 is 7.12 Å². The molecule has 1 amide bonds. The molecule has 3 N–H and O–H groups in total. The number of hydrogen-bond acceptors (Lipinski definition) is 3. The van der Waals surface area contributed by atoms with Crippen LogP contribution in [0.2, 0.25) is 6.32 Å². The van der Waals surface area contributed by atoms with E-state index in [2.05, 4.69) is 11.9 Å². The van der Waals surface area contributed by atoms with E-state index >= 15 is 0 Å². The SMILES string of the molecule is C=CC(=O)NCCB(O)O. The first-order valence-corrected chi connectivity index (χ1v) is 2.93. The van der Waals surface area contributed by atoms with Crippen molar-refractivity contribution >= 4 is 13.0 Å². The topological polar surface area (TPSA) is 69.6 Å². The highest BCUT2D eigenvalue weighted by molar-refractivity contribution is 6.41. The van der Waals surface area contributed by atoms with E-state index in [-0.39, 0.29) is 18.8 Å². The maximum Gasteiger partial charge on any atom is 0.453 e. The van der Waals surface area contributed by atoms with Gasteiger partial charge in [-0.15, -0.1) is 0 Å². The third-order valence-electron chi connectivity index (χ3n) is 0.887. The van der Waals surface area contributed by atoms with Crippen LogP contribution in [-0.4, -0.2) is 29.6 Å². The van der Waals surface area contributed by atoms with Crippen LogP contribution >= 0.6 is 0 Å². The molecule has 0 aromatic heterocycles. The Balaban J connectivity index is 3.19. The summed E-state index contributed by atoms with van der Waals surface area (Å²) in [6.07, 6.45) is 1.27. The van der Waals surface area contributed by atoms with Gasteiger partial charge in [-0.25, -0.2) is 0 Å². The van der Waals surface area contributed by atoms with Gasteiger partial charge in [0.25, 0.3) is 0 Å². The number of nitrogens with one attached hydrogen (secondary N) is 1. The number of rotatable bonds is 4. The van der Waals surface area contributed by atoms with Gasteiger partial charge in [0.2, 0.25) is 5.91 Å². The zero-order chi connectivity index (χ0) is 7.98. The van der Waals surface area contributed by atoms with Crippen molar-refractivity contribution in [2.24, 2.45) is 0 Å². The summed E-state index contributed by atoms with van der Waals surface area (Å²) >= 11 is 0. The van der Waals surface area contributed by atoms with E-state index in [9.17, 15) is 4.79 Å². The minimum absolute atomic E-state index is 0.138. The van der Waals surface area contributed by atoms with E-state index < -0.39 is 7.12 Å². The van der Waals surface area contributed by atoms with Crippen molar-refractivity contribution in [1.29, 1.82) is 0 Å². The summed E-state index contributed by atoms with van der Waals surface area (Å²) in [4.78, 5) is 10.4. The minimum atomic E-state index is -1.36. The lowest BCUT2D eigenvalue weighted by Gasteiger charge is -1.99. The predicted octanol–water partition coefficient (Wildman–Crippen LogP) is -1.24. The molecular weight excluding hydrogens is 133 g/mol. The summed E-state index contributed by atoms with van der Waals surface area (Å²) in [7, 11) is -1.36. The number of amides is 1. The molecule has 0 aromatic carbocycles. The molecule has 56 valence electrons. The van der Waals surface area contributed by atoms with Crippen molar-refractivity contribution in [3.63, 3.8) is 0 Å². The Labute approximate surface area is 59.7 Å². The highest BCUT2D eigenvalue weighted by Crippen LogP contribution is 1.79. The Hall–Kier alpha value is -0.805. The summed E-state index contributed by atoms with van der Waals surface area (Å²) in [5.41, 5.74) is 0. The molecule has 0 atom stereocenters. The van der Waals surface area contributed by atoms with E-state index in [4.69, 9.17) is 10.0 Å². The van der Waals surface area contributed by atoms with Crippen molar-refractivity contribution in [3.05, 3.63) is 12.7 Å². The third-order valence-corrected chi connectivity index (χ3v) is 0.887. The van der Waals surface area contributed by atoms with E-state index in [0.29, 0.717) is 0 Å². The average molecular weight is 143 g/mol. The first-order valence-electron chi connectivity index (χ1n) is 2.93. The molecule has 0 heterocycles. The maximum absolute atomic E-state index is 10.4. The van der Waals surface area contributed by atoms with E-state index in [1.165, 1.54) is 0 Å². The van der Waals surface area contributed by atoms with Crippen LogP contribution in [0.3, 0.4) is 0 Å². The second-order valence-electron chi connectivity index (χ2n) is 1.76. The normalized spacial score (nSPS) is 8.60. The van der Waals surface area contributed by atoms with Crippen LogP contribution in [0.1, 0.15) is 0 Å². The van der Waals surface area contributed by atoms with Gasteiger partial charge in [0, 0.05) is 6.54 Å². The van der Waals surface area contributed by atoms with Gasteiger partial charge in [-0.2, -0.15) is 0 Å². The molecule has 0 spiro atoms. The largest absolute Gasteiger partial charge is 0.453 e. The van der Waals surface area contributed by atoms with Crippen LogP contribution in [0.25, 0.3) is 0 Å². The van der Waals surface area contributed by atoms with Crippen LogP contribution in [-0.2, 0) is 4.79 Å². The van der Waals surface area contributed by atoms with Crippen LogP contribution < -0.4 is 5.32 Å². The van der Waals surface area contributed by atoms with Crippen molar-refractivity contribution in [3.8, 4) is 0 Å². The van der Waals surface area contributed by atoms with Gasteiger partial charge in [-0.3, -0.25) is 4.79 Å². The Morgan fingerprint density at radius 3 is 2.70 bits per heavy atom. The predicted molar refractivity (Wildman–Crippen MR) is 38.2 cm³/mol. The highest BCUT2D eigenvalue weighted by Gasteiger charge is 2.05. The lowest BCUT2D eigenvalue weighted by molar-refractivity contribution is -0.116. The zero-order valence-electron chi connectivity index (χ0n) is 5.58. The second kappa shape index (κ2) is 5.02. The molecule has 0 saturated carbocycles. The summed E-state index contributed by atoms with van der Waals surface area (Å²) in [5.74, 6) is -0.305. The first-order chi connectivity index (χ1) is 4.66. The number of carbonyl (C=O) groups excluding carboxylic acids is 1. The fourth-order valence-electron chi connectivity index (χ4n) is 0.397. The maximum atomic E-state index is 10.4. The van der Waals surface area contributed by atoms with Crippen molar-refractivity contribution in [1.82, 2.24) is 5.32 Å². The number of hydrogen-bond donors (Lipinski definition) is 3. The third kappa shape index (κ3) is 5.33. The van der Waals surface area contributed by atoms with E-state index in [1.807, 2.05) is 0 Å². The van der Waals surface area contributed by atoms with Crippen LogP contribution in [0.4, 0.5) is 0 Å². The Bertz CT molecular complexity index is 126. The monoisotopic (exact) mass is 143 g/mol. The molecule has 4 nitrogen and oxygen atoms in total. The highest BCUT2D eigenvalue weighted by atomic mass is 16.4. The zero-order valence-corrected chi connectivity index (χ0v) is 5.58. The lowest BCUT2D eigenvalue weighted by atomic mass is 9.87. The summed E-state index contributed by atoms with van der Waals surface area (Å²) in [6.45, 7) is 3.47. The summed E-state index contributed by atoms with van der Waals surface area (Å²) < 4.78 is 0. The molecule has 5 heteroatoms. The molecular formula is C5H10BNO3. The number of carbonyl (C=O) groups is 1. The van der Waals surface area contributed by atoms with Crippen LogP contribution in [0.5, 0.6) is 0 Å². The Morgan fingerprint density at radius 1 is 1.70 bits per heavy atom. The first kappa shape index (κ1) is 9.19. The molecule has 0 rings (SSSR count). The summed E-state index contributed by atoms with van der Waals surface area (Å²) in [6, 6.07) is 0. The van der Waals surface area contributed by atoms with Gasteiger partial charge in [0.15, 0.2) is 0 Å². The molecule has 0 radical (unpaired) electrons. The molecule has 0 aromatic rings. The van der Waals surface area contributed by atoms with E-state index in [1.54, 1.807) is 0 Å². The summed E-state index contributed by atoms with van der Waals surface area (Å²) in [5, 5.41) is 19.0. The second-order valence-corrected chi connectivity index (χ2v) is 1.76. The molecule has 0 saturated heterocycles. The Morgan fingerprint density at radius 2 is 2.30 bits per heavy atom. The van der Waals surface area contributed by atoms with Crippen molar-refractivity contribution < 1.29 is 14.8 Å². The standard InChI is InChI=1S/C5H10BNO3/c1-2-5(8)7-4-3-6(9)10/h2,9-10H,1,3-4H2,(H,7,8). The molecule has 0 aliphatic carbocycles. The van der Waals surface area contributed by atoms with E-state index in [0.717, 1.165) is 6.08 Å². The fraction of sp³-hybridized carbons (Fsp3) is 0.400. The van der Waals surface area contributed by atoms with Gasteiger partial charge in [0.1, 0.15) is 0 Å². The molecule has 0 bridgehead atoms. The molecule has 0 aliphatic heterocycles. The van der Waals surface area contributed by atoms with Gasteiger partial charge in [-0.05, 0) is 12.4 Å². The van der Waals surface area contributed by atoms with Gasteiger partial charge in [-0.1, -0.05) is 6.58 Å². The fourth-order valence-corrected chi connectivity index (χ4v) is 0.397. The quantitative estimate of drug-likeness (QED) is 0.340. The molecule has 0 unspecified atom stereocenters. The average Bonchev–Trinajstić information content (AvgIpc) is 1.87. The molecule has 0 fully saturated rings. The van der Waals surface area contributed by atoms with Gasteiger partial charge < -0.3 is 15.4 Å². The van der Waals surface area contributed by atoms with Crippen molar-refractivity contribution in [2.75, 3.05) is 6.54 Å². The Kier molecular flexibility index (Phi) is 4.61. The van der Waals surface area contributed by atoms with Crippen LogP contribution in [0, 0.1) is 0 Å². The molecule has 10 heavy (non-hydrogen) atoms. The van der Waals surface area contributed by atoms with Gasteiger partial charge in [0.05, 0.1) is 0 Å². The van der Waals surface area contributed by atoms with Crippen LogP contribution in [0.15, 0.2) is 12.7 Å².